The standard InChI is InChI=1S/C11H2F9N3O3/c12-2-1(3(13)5(15)6(16)4(2)14)10(17,18)11(19,20)23-9(26)21-7(24)8(25)22-23/h(H,22,25)(H,21,24,26). The third-order valence-corrected chi connectivity index (χ3v) is 3.03. The van der Waals surface area contributed by atoms with Crippen LogP contribution in [0.1, 0.15) is 5.56 Å². The topological polar surface area (TPSA) is 87.7 Å². The average Bonchev–Trinajstić information content (AvgIpc) is 2.54. The molecule has 1 aromatic heterocycles. The van der Waals surface area contributed by atoms with Gasteiger partial charge in [-0.05, 0) is 0 Å². The SMILES string of the molecule is O=c1[nH]c(=O)n(C(F)(F)C(F)(F)c2c(F)c(F)c(F)c(F)c2F)[nH]c1=O. The number of nitrogens with one attached hydrogen (secondary N) is 2. The van der Waals surface area contributed by atoms with Crippen molar-refractivity contribution < 1.29 is 39.5 Å². The van der Waals surface area contributed by atoms with Crippen molar-refractivity contribution in [3.8, 4) is 0 Å². The van der Waals surface area contributed by atoms with Gasteiger partial charge in [0.15, 0.2) is 23.3 Å². The van der Waals surface area contributed by atoms with E-state index >= 15 is 0 Å². The van der Waals surface area contributed by atoms with Crippen molar-refractivity contribution in [1.82, 2.24) is 14.8 Å². The van der Waals surface area contributed by atoms with Gasteiger partial charge in [-0.3, -0.25) is 14.6 Å². The Kier molecular flexibility index (Phi) is 4.29. The van der Waals surface area contributed by atoms with Gasteiger partial charge >= 0.3 is 28.8 Å². The minimum atomic E-state index is -6.23. The van der Waals surface area contributed by atoms with Gasteiger partial charge in [-0.1, -0.05) is 0 Å². The lowest BCUT2D eigenvalue weighted by atomic mass is 10.0. The molecule has 142 valence electrons. The molecule has 0 aliphatic rings. The van der Waals surface area contributed by atoms with Crippen molar-refractivity contribution in [2.75, 3.05) is 0 Å². The zero-order chi connectivity index (χ0) is 20.2. The van der Waals surface area contributed by atoms with Crippen LogP contribution in [0, 0.1) is 29.1 Å². The summed E-state index contributed by atoms with van der Waals surface area (Å²) in [5.74, 6) is -21.6. The highest BCUT2D eigenvalue weighted by atomic mass is 19.3. The van der Waals surface area contributed by atoms with Gasteiger partial charge in [0, 0.05) is 0 Å². The van der Waals surface area contributed by atoms with Gasteiger partial charge in [0.05, 0.1) is 0 Å². The van der Waals surface area contributed by atoms with Crippen LogP contribution in [0.5, 0.6) is 0 Å². The lowest BCUT2D eigenvalue weighted by molar-refractivity contribution is -0.278. The molecule has 6 nitrogen and oxygen atoms in total. The number of hydrogen-bond donors (Lipinski definition) is 2. The lowest BCUT2D eigenvalue weighted by Gasteiger charge is -2.27. The fraction of sp³-hybridized carbons (Fsp3) is 0.182. The maximum atomic E-state index is 14.0. The van der Waals surface area contributed by atoms with E-state index in [9.17, 15) is 53.9 Å². The van der Waals surface area contributed by atoms with Crippen LogP contribution >= 0.6 is 0 Å². The number of alkyl halides is 4. The minimum Gasteiger partial charge on any atom is -0.268 e. The van der Waals surface area contributed by atoms with E-state index in [1.165, 1.54) is 0 Å². The molecule has 2 N–H and O–H groups in total. The molecule has 0 radical (unpaired) electrons. The van der Waals surface area contributed by atoms with Gasteiger partial charge in [-0.25, -0.2) is 31.8 Å². The first-order valence-corrected chi connectivity index (χ1v) is 5.98. The predicted molar refractivity (Wildman–Crippen MR) is 62.3 cm³/mol. The number of H-pyrrole nitrogens is 2. The van der Waals surface area contributed by atoms with Crippen LogP contribution in [0.25, 0.3) is 0 Å². The largest absolute Gasteiger partial charge is 0.413 e. The van der Waals surface area contributed by atoms with Crippen molar-refractivity contribution in [2.45, 2.75) is 12.0 Å². The van der Waals surface area contributed by atoms with Gasteiger partial charge in [0.25, 0.3) is 0 Å². The Balaban J connectivity index is 2.87. The molecule has 0 atom stereocenters. The molecular formula is C11H2F9N3O3. The molecule has 0 unspecified atom stereocenters. The van der Waals surface area contributed by atoms with Crippen molar-refractivity contribution in [3.63, 3.8) is 0 Å². The third kappa shape index (κ3) is 2.50. The number of nitrogens with zero attached hydrogens (tertiary/aromatic N) is 1. The van der Waals surface area contributed by atoms with Crippen molar-refractivity contribution in [2.24, 2.45) is 0 Å². The molecule has 26 heavy (non-hydrogen) atoms. The normalized spacial score (nSPS) is 12.5. The number of halogens is 9. The van der Waals surface area contributed by atoms with E-state index in [0.29, 0.717) is 5.10 Å². The number of rotatable bonds is 3. The highest BCUT2D eigenvalue weighted by molar-refractivity contribution is 5.29. The van der Waals surface area contributed by atoms with Crippen LogP contribution in [0.15, 0.2) is 14.4 Å². The van der Waals surface area contributed by atoms with Crippen LogP contribution < -0.4 is 16.8 Å². The molecule has 2 rings (SSSR count). The number of benzene rings is 1. The van der Waals surface area contributed by atoms with Crippen LogP contribution in [0.2, 0.25) is 0 Å². The fourth-order valence-electron chi connectivity index (χ4n) is 1.78. The Morgan fingerprint density at radius 1 is 0.692 bits per heavy atom. The van der Waals surface area contributed by atoms with Crippen LogP contribution in [0.3, 0.4) is 0 Å². The zero-order valence-electron chi connectivity index (χ0n) is 11.6. The van der Waals surface area contributed by atoms with Gasteiger partial charge in [-0.2, -0.15) is 22.2 Å². The molecule has 2 aromatic rings. The van der Waals surface area contributed by atoms with E-state index in [4.69, 9.17) is 0 Å². The molecule has 1 aromatic carbocycles. The first-order chi connectivity index (χ1) is 11.7. The summed E-state index contributed by atoms with van der Waals surface area (Å²) in [6, 6.07) is -6.06. The molecule has 0 aliphatic carbocycles. The van der Waals surface area contributed by atoms with Gasteiger partial charge in [-0.15, -0.1) is 0 Å². The van der Waals surface area contributed by atoms with Gasteiger partial charge in [0.2, 0.25) is 5.82 Å². The third-order valence-electron chi connectivity index (χ3n) is 3.03. The zero-order valence-corrected chi connectivity index (χ0v) is 11.6. The Bertz CT molecular complexity index is 1040. The summed E-state index contributed by atoms with van der Waals surface area (Å²) in [7, 11) is 0. The van der Waals surface area contributed by atoms with Crippen LogP contribution in [0.4, 0.5) is 39.5 Å². The average molecular weight is 395 g/mol. The highest BCUT2D eigenvalue weighted by Gasteiger charge is 2.64. The molecule has 15 heteroatoms. The molecule has 0 spiro atoms. The summed E-state index contributed by atoms with van der Waals surface area (Å²) < 4.78 is 120. The number of aromatic amines is 2. The highest BCUT2D eigenvalue weighted by Crippen LogP contribution is 2.47. The molecule has 1 heterocycles. The Labute approximate surface area is 133 Å². The van der Waals surface area contributed by atoms with Gasteiger partial charge < -0.3 is 0 Å². The smallest absolute Gasteiger partial charge is 0.268 e. The Morgan fingerprint density at radius 3 is 1.58 bits per heavy atom. The molecule has 0 aliphatic heterocycles. The van der Waals surface area contributed by atoms with E-state index in [2.05, 4.69) is 0 Å². The van der Waals surface area contributed by atoms with E-state index in [0.717, 1.165) is 4.98 Å². The predicted octanol–water partition coefficient (Wildman–Crippen LogP) is 1.26. The monoisotopic (exact) mass is 395 g/mol. The summed E-state index contributed by atoms with van der Waals surface area (Å²) >= 11 is 0. The summed E-state index contributed by atoms with van der Waals surface area (Å²) in [6.07, 6.45) is 0. The minimum absolute atomic E-state index is 0.708. The maximum Gasteiger partial charge on any atom is 0.413 e. The summed E-state index contributed by atoms with van der Waals surface area (Å²) in [5, 5.41) is 0.708. The Morgan fingerprint density at radius 2 is 1.12 bits per heavy atom. The van der Waals surface area contributed by atoms with Crippen LogP contribution in [-0.4, -0.2) is 14.8 Å². The van der Waals surface area contributed by atoms with E-state index in [1.54, 1.807) is 0 Å². The molecule has 0 bridgehead atoms. The number of hydrogen-bond acceptors (Lipinski definition) is 3. The van der Waals surface area contributed by atoms with Crippen molar-refractivity contribution in [1.29, 1.82) is 0 Å². The molecule has 0 fully saturated rings. The first-order valence-electron chi connectivity index (χ1n) is 5.98. The second kappa shape index (κ2) is 5.77. The molecular weight excluding hydrogens is 393 g/mol. The molecule has 0 amide bonds. The fourth-order valence-corrected chi connectivity index (χ4v) is 1.78. The summed E-state index contributed by atoms with van der Waals surface area (Å²) in [6.45, 7) is 0. The van der Waals surface area contributed by atoms with Crippen molar-refractivity contribution in [3.05, 3.63) is 65.8 Å². The van der Waals surface area contributed by atoms with E-state index in [-0.39, 0.29) is 0 Å². The van der Waals surface area contributed by atoms with Gasteiger partial charge in [0.1, 0.15) is 5.56 Å². The van der Waals surface area contributed by atoms with E-state index < -0.39 is 68.1 Å². The molecule has 0 saturated heterocycles. The second-order valence-corrected chi connectivity index (χ2v) is 4.60. The molecule has 0 saturated carbocycles. The maximum absolute atomic E-state index is 14.0. The number of aromatic nitrogens is 3. The quantitative estimate of drug-likeness (QED) is 0.355. The van der Waals surface area contributed by atoms with Crippen LogP contribution in [-0.2, 0) is 12.0 Å². The lowest BCUT2D eigenvalue weighted by Crippen LogP contribution is -2.54. The van der Waals surface area contributed by atoms with E-state index in [1.807, 2.05) is 0 Å². The Hall–Kier alpha value is -3.00. The van der Waals surface area contributed by atoms with Crippen molar-refractivity contribution >= 4 is 0 Å². The first kappa shape index (κ1) is 19.3. The second-order valence-electron chi connectivity index (χ2n) is 4.60. The summed E-state index contributed by atoms with van der Waals surface area (Å²) in [4.78, 5) is 33.8. The summed E-state index contributed by atoms with van der Waals surface area (Å²) in [5.41, 5.74) is -9.49.